The van der Waals surface area contributed by atoms with Gasteiger partial charge in [0.05, 0.1) is 5.69 Å². The molecule has 0 radical (unpaired) electrons. The molecule has 1 saturated heterocycles. The average molecular weight is 302 g/mol. The first-order valence-corrected chi connectivity index (χ1v) is 6.97. The molecule has 1 aliphatic rings. The number of amides is 2. The molecule has 1 unspecified atom stereocenters. The number of carbonyl (C=O) groups excluding carboxylic acids is 1. The van der Waals surface area contributed by atoms with E-state index in [4.69, 9.17) is 5.11 Å². The van der Waals surface area contributed by atoms with E-state index in [0.29, 0.717) is 11.8 Å². The molecule has 1 aromatic carbocycles. The van der Waals surface area contributed by atoms with Gasteiger partial charge in [-0.15, -0.1) is 0 Å². The van der Waals surface area contributed by atoms with Crippen LogP contribution in [0, 0.1) is 11.6 Å². The number of aliphatic carboxylic acids is 1. The predicted octanol–water partition coefficient (Wildman–Crippen LogP) is 2.00. The minimum atomic E-state index is -1.10. The Bertz CT molecular complexity index is 541. The molecule has 2 amide bonds. The van der Waals surface area contributed by atoms with Gasteiger partial charge in [0, 0.05) is 24.1 Å². The molecule has 0 spiro atoms. The Balaban J connectivity index is 2.12. The molecule has 8 heteroatoms. The molecule has 20 heavy (non-hydrogen) atoms. The Morgan fingerprint density at radius 3 is 2.80 bits per heavy atom. The van der Waals surface area contributed by atoms with E-state index in [-0.39, 0.29) is 18.0 Å². The Labute approximate surface area is 117 Å². The molecule has 0 bridgehead atoms. The summed E-state index contributed by atoms with van der Waals surface area (Å²) >= 11 is 1.44. The van der Waals surface area contributed by atoms with E-state index in [9.17, 15) is 18.4 Å². The highest BCUT2D eigenvalue weighted by Gasteiger charge is 2.32. The molecule has 108 valence electrons. The largest absolute Gasteiger partial charge is 0.480 e. The molecule has 2 N–H and O–H groups in total. The third kappa shape index (κ3) is 3.19. The fourth-order valence-electron chi connectivity index (χ4n) is 1.83. The van der Waals surface area contributed by atoms with E-state index in [1.165, 1.54) is 11.8 Å². The number of urea groups is 1. The lowest BCUT2D eigenvalue weighted by Crippen LogP contribution is -2.51. The first kappa shape index (κ1) is 14.6. The van der Waals surface area contributed by atoms with Crippen LogP contribution in [0.4, 0.5) is 19.3 Å². The molecule has 0 aliphatic carbocycles. The lowest BCUT2D eigenvalue weighted by atomic mass is 10.2. The number of nitrogens with zero attached hydrogens (tertiary/aromatic N) is 1. The van der Waals surface area contributed by atoms with Crippen LogP contribution in [0.2, 0.25) is 0 Å². The predicted molar refractivity (Wildman–Crippen MR) is 70.8 cm³/mol. The van der Waals surface area contributed by atoms with Gasteiger partial charge < -0.3 is 15.3 Å². The van der Waals surface area contributed by atoms with Crippen LogP contribution >= 0.6 is 11.8 Å². The van der Waals surface area contributed by atoms with Gasteiger partial charge in [0.25, 0.3) is 0 Å². The lowest BCUT2D eigenvalue weighted by molar-refractivity contribution is -0.141. The van der Waals surface area contributed by atoms with Gasteiger partial charge in [-0.05, 0) is 12.1 Å². The van der Waals surface area contributed by atoms with E-state index >= 15 is 0 Å². The Morgan fingerprint density at radius 2 is 2.15 bits per heavy atom. The summed E-state index contributed by atoms with van der Waals surface area (Å²) in [6.07, 6.45) is 0. The van der Waals surface area contributed by atoms with E-state index < -0.39 is 29.7 Å². The molecule has 1 atom stereocenters. The maximum Gasteiger partial charge on any atom is 0.327 e. The standard InChI is InChI=1S/C12H12F2N2O3S/c13-7-1-2-9(8(14)5-7)15-12(19)16-3-4-20-6-10(16)11(17)18/h1-2,5,10H,3-4,6H2,(H,15,19)(H,17,18). The number of thioether (sulfide) groups is 1. The molecule has 0 aromatic heterocycles. The van der Waals surface area contributed by atoms with Crippen molar-refractivity contribution >= 4 is 29.4 Å². The number of halogens is 2. The second-order valence-electron chi connectivity index (χ2n) is 4.18. The summed E-state index contributed by atoms with van der Waals surface area (Å²) < 4.78 is 26.2. The van der Waals surface area contributed by atoms with Crippen LogP contribution in [0.25, 0.3) is 0 Å². The second-order valence-corrected chi connectivity index (χ2v) is 5.33. The maximum absolute atomic E-state index is 13.4. The molecule has 2 rings (SSSR count). The molecular formula is C12H12F2N2O3S. The van der Waals surface area contributed by atoms with Crippen molar-refractivity contribution < 1.29 is 23.5 Å². The van der Waals surface area contributed by atoms with Gasteiger partial charge >= 0.3 is 12.0 Å². The number of carbonyl (C=O) groups is 2. The number of carboxylic acid groups (broad SMARTS) is 1. The van der Waals surface area contributed by atoms with Gasteiger partial charge in [-0.2, -0.15) is 11.8 Å². The van der Waals surface area contributed by atoms with Gasteiger partial charge in [0.15, 0.2) is 0 Å². The van der Waals surface area contributed by atoms with Crippen LogP contribution in [0.1, 0.15) is 0 Å². The summed E-state index contributed by atoms with van der Waals surface area (Å²) in [5, 5.41) is 11.3. The molecule has 1 aliphatic heterocycles. The zero-order valence-corrected chi connectivity index (χ0v) is 11.1. The van der Waals surface area contributed by atoms with Crippen molar-refractivity contribution in [2.24, 2.45) is 0 Å². The van der Waals surface area contributed by atoms with Crippen molar-refractivity contribution in [2.75, 3.05) is 23.4 Å². The number of carboxylic acids is 1. The van der Waals surface area contributed by atoms with E-state index in [1.54, 1.807) is 0 Å². The van der Waals surface area contributed by atoms with Crippen molar-refractivity contribution in [3.8, 4) is 0 Å². The van der Waals surface area contributed by atoms with Crippen LogP contribution in [0.5, 0.6) is 0 Å². The van der Waals surface area contributed by atoms with Crippen LogP contribution in [0.3, 0.4) is 0 Å². The van der Waals surface area contributed by atoms with Crippen molar-refractivity contribution in [1.82, 2.24) is 4.90 Å². The number of nitrogens with one attached hydrogen (secondary N) is 1. The number of hydrogen-bond donors (Lipinski definition) is 2. The van der Waals surface area contributed by atoms with Crippen molar-refractivity contribution in [3.63, 3.8) is 0 Å². The molecule has 1 aromatic rings. The minimum Gasteiger partial charge on any atom is -0.480 e. The topological polar surface area (TPSA) is 69.6 Å². The van der Waals surface area contributed by atoms with Crippen molar-refractivity contribution in [2.45, 2.75) is 6.04 Å². The van der Waals surface area contributed by atoms with Crippen molar-refractivity contribution in [1.29, 1.82) is 0 Å². The zero-order chi connectivity index (χ0) is 14.7. The quantitative estimate of drug-likeness (QED) is 0.876. The van der Waals surface area contributed by atoms with Gasteiger partial charge in [-0.1, -0.05) is 0 Å². The normalized spacial score (nSPS) is 18.7. The summed E-state index contributed by atoms with van der Waals surface area (Å²) in [5.41, 5.74) is -0.182. The lowest BCUT2D eigenvalue weighted by Gasteiger charge is -2.32. The van der Waals surface area contributed by atoms with E-state index in [2.05, 4.69) is 5.32 Å². The fraction of sp³-hybridized carbons (Fsp3) is 0.333. The van der Waals surface area contributed by atoms with Gasteiger partial charge in [-0.3, -0.25) is 0 Å². The molecule has 1 fully saturated rings. The SMILES string of the molecule is O=C(O)C1CSCCN1C(=O)Nc1ccc(F)cc1F. The number of rotatable bonds is 2. The van der Waals surface area contributed by atoms with E-state index in [0.717, 1.165) is 17.0 Å². The monoisotopic (exact) mass is 302 g/mol. The van der Waals surface area contributed by atoms with Crippen molar-refractivity contribution in [3.05, 3.63) is 29.8 Å². The third-order valence-electron chi connectivity index (χ3n) is 2.85. The van der Waals surface area contributed by atoms with Gasteiger partial charge in [0.1, 0.15) is 17.7 Å². The Kier molecular flexibility index (Phi) is 4.43. The number of hydrogen-bond acceptors (Lipinski definition) is 3. The molecule has 5 nitrogen and oxygen atoms in total. The maximum atomic E-state index is 13.4. The van der Waals surface area contributed by atoms with Crippen LogP contribution in [-0.2, 0) is 4.79 Å². The summed E-state index contributed by atoms with van der Waals surface area (Å²) in [4.78, 5) is 24.2. The minimum absolute atomic E-state index is 0.182. The summed E-state index contributed by atoms with van der Waals surface area (Å²) in [5.74, 6) is -1.86. The third-order valence-corrected chi connectivity index (χ3v) is 3.87. The van der Waals surface area contributed by atoms with Crippen LogP contribution in [0.15, 0.2) is 18.2 Å². The van der Waals surface area contributed by atoms with Gasteiger partial charge in [-0.25, -0.2) is 18.4 Å². The zero-order valence-electron chi connectivity index (χ0n) is 10.3. The molecule has 0 saturated carbocycles. The van der Waals surface area contributed by atoms with Gasteiger partial charge in [0.2, 0.25) is 0 Å². The highest BCUT2D eigenvalue weighted by molar-refractivity contribution is 7.99. The average Bonchev–Trinajstić information content (AvgIpc) is 2.41. The first-order valence-electron chi connectivity index (χ1n) is 5.82. The van der Waals surface area contributed by atoms with Crippen LogP contribution in [-0.4, -0.2) is 46.1 Å². The number of anilines is 1. The summed E-state index contributed by atoms with van der Waals surface area (Å²) in [6.45, 7) is 0.260. The molecular weight excluding hydrogens is 290 g/mol. The first-order chi connectivity index (χ1) is 9.49. The fourth-order valence-corrected chi connectivity index (χ4v) is 2.87. The van der Waals surface area contributed by atoms with Crippen LogP contribution < -0.4 is 5.32 Å². The molecule has 1 heterocycles. The number of benzene rings is 1. The summed E-state index contributed by atoms with van der Waals surface area (Å²) in [6, 6.07) is 1.10. The smallest absolute Gasteiger partial charge is 0.327 e. The highest BCUT2D eigenvalue weighted by atomic mass is 32.2. The highest BCUT2D eigenvalue weighted by Crippen LogP contribution is 2.20. The second kappa shape index (κ2) is 6.08. The Hall–Kier alpha value is -1.83. The Morgan fingerprint density at radius 1 is 1.40 bits per heavy atom. The van der Waals surface area contributed by atoms with E-state index in [1.807, 2.05) is 0 Å². The summed E-state index contributed by atoms with van der Waals surface area (Å²) in [7, 11) is 0.